The van der Waals surface area contributed by atoms with Crippen LogP contribution in [0.1, 0.15) is 46.5 Å². The molecule has 3 amide bonds. The van der Waals surface area contributed by atoms with E-state index >= 15 is 0 Å². The van der Waals surface area contributed by atoms with Gasteiger partial charge in [0, 0.05) is 24.8 Å². The average Bonchev–Trinajstić information content (AvgIpc) is 2.56. The number of nitrogens with zero attached hydrogens (tertiary/aromatic N) is 1. The van der Waals surface area contributed by atoms with Gasteiger partial charge in [0.25, 0.3) is 11.8 Å². The van der Waals surface area contributed by atoms with Gasteiger partial charge in [0.2, 0.25) is 5.91 Å². The van der Waals surface area contributed by atoms with Crippen molar-refractivity contribution in [3.63, 3.8) is 0 Å². The first kappa shape index (κ1) is 15.1. The predicted molar refractivity (Wildman–Crippen MR) is 64.3 cm³/mol. The lowest BCUT2D eigenvalue weighted by atomic mass is 10.1. The van der Waals surface area contributed by atoms with Gasteiger partial charge in [-0.1, -0.05) is 0 Å². The Bertz CT molecular complexity index is 395. The molecule has 0 aromatic heterocycles. The zero-order valence-electron chi connectivity index (χ0n) is 11.3. The van der Waals surface area contributed by atoms with Gasteiger partial charge in [-0.3, -0.25) is 14.4 Å². The maximum atomic E-state index is 11.5. The molecule has 1 heterocycles. The fraction of sp³-hybridized carbons (Fsp3) is 0.667. The van der Waals surface area contributed by atoms with Crippen LogP contribution in [-0.4, -0.2) is 34.3 Å². The number of carbonyl (C=O) groups is 4. The van der Waals surface area contributed by atoms with E-state index in [0.29, 0.717) is 5.06 Å². The van der Waals surface area contributed by atoms with E-state index in [-0.39, 0.29) is 37.1 Å². The van der Waals surface area contributed by atoms with E-state index < -0.39 is 17.8 Å². The summed E-state index contributed by atoms with van der Waals surface area (Å²) in [4.78, 5) is 49.9. The fourth-order valence-electron chi connectivity index (χ4n) is 1.50. The molecule has 1 N–H and O–H groups in total. The van der Waals surface area contributed by atoms with Crippen LogP contribution in [0.2, 0.25) is 0 Å². The van der Waals surface area contributed by atoms with Gasteiger partial charge in [0.15, 0.2) is 0 Å². The standard InChI is InChI=1S/C12H18N2O5/c1-12(2,3)13-8(15)4-7-11(18)19-14-9(16)5-6-10(14)17/h4-7H2,1-3H3,(H,13,15). The van der Waals surface area contributed by atoms with E-state index in [9.17, 15) is 19.2 Å². The number of hydrogen-bond acceptors (Lipinski definition) is 5. The summed E-state index contributed by atoms with van der Waals surface area (Å²) < 4.78 is 0. The molecule has 0 radical (unpaired) electrons. The molecule has 1 fully saturated rings. The van der Waals surface area contributed by atoms with E-state index in [1.807, 2.05) is 20.8 Å². The molecule has 0 aromatic carbocycles. The highest BCUT2D eigenvalue weighted by molar-refractivity contribution is 6.01. The summed E-state index contributed by atoms with van der Waals surface area (Å²) in [6, 6.07) is 0. The monoisotopic (exact) mass is 270 g/mol. The van der Waals surface area contributed by atoms with Crippen molar-refractivity contribution >= 4 is 23.7 Å². The quantitative estimate of drug-likeness (QED) is 0.741. The Balaban J connectivity index is 2.34. The van der Waals surface area contributed by atoms with E-state index in [1.54, 1.807) is 0 Å². The number of hydroxylamine groups is 2. The van der Waals surface area contributed by atoms with Crippen molar-refractivity contribution in [1.82, 2.24) is 10.4 Å². The van der Waals surface area contributed by atoms with Gasteiger partial charge in [-0.05, 0) is 20.8 Å². The Kier molecular flexibility index (Phi) is 4.63. The molecule has 106 valence electrons. The Labute approximate surface area is 111 Å². The Morgan fingerprint density at radius 2 is 1.68 bits per heavy atom. The van der Waals surface area contributed by atoms with Crippen molar-refractivity contribution in [1.29, 1.82) is 0 Å². The molecule has 0 spiro atoms. The zero-order valence-corrected chi connectivity index (χ0v) is 11.3. The lowest BCUT2D eigenvalue weighted by molar-refractivity contribution is -0.197. The van der Waals surface area contributed by atoms with E-state index in [2.05, 4.69) is 10.2 Å². The van der Waals surface area contributed by atoms with Crippen LogP contribution in [0.5, 0.6) is 0 Å². The van der Waals surface area contributed by atoms with Crippen LogP contribution in [0.3, 0.4) is 0 Å². The molecular weight excluding hydrogens is 252 g/mol. The molecule has 1 saturated heterocycles. The van der Waals surface area contributed by atoms with Crippen molar-refractivity contribution in [3.8, 4) is 0 Å². The molecule has 1 aliphatic heterocycles. The summed E-state index contributed by atoms with van der Waals surface area (Å²) >= 11 is 0. The third-order valence-electron chi connectivity index (χ3n) is 2.27. The van der Waals surface area contributed by atoms with Gasteiger partial charge in [0.1, 0.15) is 0 Å². The van der Waals surface area contributed by atoms with Crippen LogP contribution >= 0.6 is 0 Å². The summed E-state index contributed by atoms with van der Waals surface area (Å²) in [5.74, 6) is -2.12. The first-order valence-electron chi connectivity index (χ1n) is 6.06. The third kappa shape index (κ3) is 5.07. The molecular formula is C12H18N2O5. The first-order valence-corrected chi connectivity index (χ1v) is 6.06. The second-order valence-corrected chi connectivity index (χ2v) is 5.34. The summed E-state index contributed by atoms with van der Waals surface area (Å²) in [6.45, 7) is 5.47. The number of amides is 3. The molecule has 7 heteroatoms. The number of imide groups is 1. The van der Waals surface area contributed by atoms with Crippen molar-refractivity contribution in [2.75, 3.05) is 0 Å². The third-order valence-corrected chi connectivity index (χ3v) is 2.27. The summed E-state index contributed by atoms with van der Waals surface area (Å²) in [6.07, 6.45) is -0.126. The minimum absolute atomic E-state index is 0.0493. The molecule has 7 nitrogen and oxygen atoms in total. The highest BCUT2D eigenvalue weighted by Crippen LogP contribution is 2.13. The highest BCUT2D eigenvalue weighted by atomic mass is 16.7. The van der Waals surface area contributed by atoms with Crippen LogP contribution < -0.4 is 5.32 Å². The van der Waals surface area contributed by atoms with Crippen molar-refractivity contribution in [3.05, 3.63) is 0 Å². The normalized spacial score (nSPS) is 15.6. The number of carbonyl (C=O) groups excluding carboxylic acids is 4. The van der Waals surface area contributed by atoms with Crippen molar-refractivity contribution < 1.29 is 24.0 Å². The second-order valence-electron chi connectivity index (χ2n) is 5.34. The Morgan fingerprint density at radius 1 is 1.16 bits per heavy atom. The van der Waals surface area contributed by atoms with Crippen LogP contribution in [0.15, 0.2) is 0 Å². The molecule has 1 aliphatic rings. The van der Waals surface area contributed by atoms with E-state index in [4.69, 9.17) is 0 Å². The summed E-state index contributed by atoms with van der Waals surface area (Å²) in [5, 5.41) is 3.17. The molecule has 0 bridgehead atoms. The van der Waals surface area contributed by atoms with Crippen LogP contribution in [0.25, 0.3) is 0 Å². The molecule has 0 aliphatic carbocycles. The molecule has 19 heavy (non-hydrogen) atoms. The summed E-state index contributed by atoms with van der Waals surface area (Å²) in [5.41, 5.74) is -0.373. The van der Waals surface area contributed by atoms with E-state index in [0.717, 1.165) is 0 Å². The lowest BCUT2D eigenvalue weighted by Crippen LogP contribution is -2.40. The molecule has 0 atom stereocenters. The SMILES string of the molecule is CC(C)(C)NC(=O)CCC(=O)ON1C(=O)CCC1=O. The maximum Gasteiger partial charge on any atom is 0.333 e. The lowest BCUT2D eigenvalue weighted by Gasteiger charge is -2.20. The minimum Gasteiger partial charge on any atom is -0.351 e. The zero-order chi connectivity index (χ0) is 14.6. The largest absolute Gasteiger partial charge is 0.351 e. The molecule has 0 aromatic rings. The summed E-state index contributed by atoms with van der Waals surface area (Å²) in [7, 11) is 0. The van der Waals surface area contributed by atoms with Gasteiger partial charge in [0.05, 0.1) is 6.42 Å². The van der Waals surface area contributed by atoms with Crippen molar-refractivity contribution in [2.24, 2.45) is 0 Å². The van der Waals surface area contributed by atoms with Crippen LogP contribution in [-0.2, 0) is 24.0 Å². The van der Waals surface area contributed by atoms with Gasteiger partial charge in [-0.15, -0.1) is 5.06 Å². The van der Waals surface area contributed by atoms with Crippen molar-refractivity contribution in [2.45, 2.75) is 52.0 Å². The Hall–Kier alpha value is -1.92. The fourth-order valence-corrected chi connectivity index (χ4v) is 1.50. The Morgan fingerprint density at radius 3 is 2.16 bits per heavy atom. The topological polar surface area (TPSA) is 92.8 Å². The molecule has 0 saturated carbocycles. The first-order chi connectivity index (χ1) is 8.69. The van der Waals surface area contributed by atoms with Gasteiger partial charge < -0.3 is 10.2 Å². The molecule has 0 unspecified atom stereocenters. The number of hydrogen-bond donors (Lipinski definition) is 1. The second kappa shape index (κ2) is 5.81. The van der Waals surface area contributed by atoms with Gasteiger partial charge in [-0.2, -0.15) is 0 Å². The minimum atomic E-state index is -0.771. The van der Waals surface area contributed by atoms with E-state index in [1.165, 1.54) is 0 Å². The smallest absolute Gasteiger partial charge is 0.333 e. The van der Waals surface area contributed by atoms with Crippen LogP contribution in [0.4, 0.5) is 0 Å². The number of nitrogens with one attached hydrogen (secondary N) is 1. The highest BCUT2D eigenvalue weighted by Gasteiger charge is 2.32. The van der Waals surface area contributed by atoms with Gasteiger partial charge >= 0.3 is 5.97 Å². The predicted octanol–water partition coefficient (Wildman–Crippen LogP) is 0.288. The molecule has 1 rings (SSSR count). The average molecular weight is 270 g/mol. The van der Waals surface area contributed by atoms with Gasteiger partial charge in [-0.25, -0.2) is 4.79 Å². The maximum absolute atomic E-state index is 11.5. The van der Waals surface area contributed by atoms with Crippen LogP contribution in [0, 0.1) is 0 Å². The number of rotatable bonds is 4.